The molecule has 1 aromatic carbocycles. The maximum Gasteiger partial charge on any atom is 0.258 e. The van der Waals surface area contributed by atoms with Crippen molar-refractivity contribution < 1.29 is 9.26 Å². The number of fused-ring (bicyclic) bond motifs is 1. The predicted octanol–water partition coefficient (Wildman–Crippen LogP) is 3.66. The van der Waals surface area contributed by atoms with Crippen LogP contribution in [-0.4, -0.2) is 27.2 Å². The molecule has 6 heteroatoms. The van der Waals surface area contributed by atoms with Crippen LogP contribution in [0.4, 0.5) is 0 Å². The lowest BCUT2D eigenvalue weighted by molar-refractivity contribution is 0.399. The van der Waals surface area contributed by atoms with Crippen molar-refractivity contribution in [2.45, 2.75) is 6.92 Å². The van der Waals surface area contributed by atoms with Crippen molar-refractivity contribution in [1.82, 2.24) is 20.1 Å². The van der Waals surface area contributed by atoms with E-state index in [0.29, 0.717) is 23.2 Å². The summed E-state index contributed by atoms with van der Waals surface area (Å²) < 4.78 is 10.8. The summed E-state index contributed by atoms with van der Waals surface area (Å²) >= 11 is 0. The molecule has 3 heterocycles. The molecule has 118 valence electrons. The van der Waals surface area contributed by atoms with E-state index in [9.17, 15) is 0 Å². The predicted molar refractivity (Wildman–Crippen MR) is 89.6 cm³/mol. The van der Waals surface area contributed by atoms with E-state index >= 15 is 0 Å². The molecular formula is C18H14N4O2. The molecule has 4 rings (SSSR count). The third-order valence-electron chi connectivity index (χ3n) is 3.72. The molecule has 0 spiro atoms. The summed E-state index contributed by atoms with van der Waals surface area (Å²) in [4.78, 5) is 13.0. The standard InChI is InChI=1S/C18H14N4O2/c1-11-3-4-15-13(9-11)10-14(18(20-15)23-2)16-21-17(24-22-16)12-5-7-19-8-6-12/h3-10H,1-2H3. The number of aromatic nitrogens is 4. The second kappa shape index (κ2) is 5.73. The molecule has 0 amide bonds. The lowest BCUT2D eigenvalue weighted by Crippen LogP contribution is -1.94. The normalized spacial score (nSPS) is 10.9. The Kier molecular flexibility index (Phi) is 3.42. The van der Waals surface area contributed by atoms with Crippen LogP contribution < -0.4 is 4.74 Å². The van der Waals surface area contributed by atoms with E-state index in [1.165, 1.54) is 0 Å². The van der Waals surface area contributed by atoms with Gasteiger partial charge in [0.25, 0.3) is 5.89 Å². The van der Waals surface area contributed by atoms with Gasteiger partial charge in [-0.05, 0) is 37.3 Å². The minimum atomic E-state index is 0.429. The van der Waals surface area contributed by atoms with Gasteiger partial charge < -0.3 is 9.26 Å². The Balaban J connectivity index is 1.85. The molecule has 0 fully saturated rings. The molecular weight excluding hydrogens is 304 g/mol. The molecule has 6 nitrogen and oxygen atoms in total. The monoisotopic (exact) mass is 318 g/mol. The van der Waals surface area contributed by atoms with Gasteiger partial charge in [-0.3, -0.25) is 4.98 Å². The average molecular weight is 318 g/mol. The van der Waals surface area contributed by atoms with E-state index in [1.807, 2.05) is 37.3 Å². The van der Waals surface area contributed by atoms with Crippen LogP contribution in [0, 0.1) is 6.92 Å². The number of rotatable bonds is 3. The van der Waals surface area contributed by atoms with Gasteiger partial charge in [-0.15, -0.1) is 0 Å². The minimum Gasteiger partial charge on any atom is -0.480 e. The van der Waals surface area contributed by atoms with Crippen LogP contribution in [0.15, 0.2) is 53.3 Å². The van der Waals surface area contributed by atoms with Gasteiger partial charge >= 0.3 is 0 Å². The van der Waals surface area contributed by atoms with E-state index < -0.39 is 0 Å². The molecule has 0 atom stereocenters. The van der Waals surface area contributed by atoms with E-state index in [2.05, 4.69) is 26.2 Å². The molecule has 0 bridgehead atoms. The highest BCUT2D eigenvalue weighted by Gasteiger charge is 2.16. The number of methoxy groups -OCH3 is 1. The maximum absolute atomic E-state index is 5.41. The SMILES string of the molecule is COc1nc2ccc(C)cc2cc1-c1noc(-c2ccncc2)n1. The Morgan fingerprint density at radius 3 is 2.62 bits per heavy atom. The Hall–Kier alpha value is -3.28. The van der Waals surface area contributed by atoms with Crippen molar-refractivity contribution in [2.24, 2.45) is 0 Å². The third-order valence-corrected chi connectivity index (χ3v) is 3.72. The van der Waals surface area contributed by atoms with Gasteiger partial charge in [0.05, 0.1) is 18.2 Å². The Morgan fingerprint density at radius 2 is 1.83 bits per heavy atom. The van der Waals surface area contributed by atoms with Gasteiger partial charge in [-0.25, -0.2) is 4.98 Å². The van der Waals surface area contributed by atoms with Crippen molar-refractivity contribution in [3.05, 3.63) is 54.4 Å². The first kappa shape index (κ1) is 14.3. The van der Waals surface area contributed by atoms with E-state index in [-0.39, 0.29) is 0 Å². The fourth-order valence-electron chi connectivity index (χ4n) is 2.54. The zero-order valence-electron chi connectivity index (χ0n) is 13.2. The second-order valence-electron chi connectivity index (χ2n) is 5.40. The van der Waals surface area contributed by atoms with Gasteiger partial charge in [0.15, 0.2) is 0 Å². The Morgan fingerprint density at radius 1 is 1.00 bits per heavy atom. The molecule has 0 aliphatic carbocycles. The molecule has 0 aliphatic rings. The van der Waals surface area contributed by atoms with E-state index in [4.69, 9.17) is 9.26 Å². The van der Waals surface area contributed by atoms with Crippen molar-refractivity contribution >= 4 is 10.9 Å². The number of ether oxygens (including phenoxy) is 1. The first-order valence-corrected chi connectivity index (χ1v) is 7.44. The first-order valence-electron chi connectivity index (χ1n) is 7.44. The van der Waals surface area contributed by atoms with Crippen molar-refractivity contribution in [3.8, 4) is 28.7 Å². The quantitative estimate of drug-likeness (QED) is 0.574. The van der Waals surface area contributed by atoms with Crippen LogP contribution in [0.1, 0.15) is 5.56 Å². The highest BCUT2D eigenvalue weighted by atomic mass is 16.5. The van der Waals surface area contributed by atoms with Gasteiger partial charge in [-0.2, -0.15) is 4.98 Å². The Bertz CT molecular complexity index is 1010. The smallest absolute Gasteiger partial charge is 0.258 e. The van der Waals surface area contributed by atoms with Crippen molar-refractivity contribution in [2.75, 3.05) is 7.11 Å². The lowest BCUT2D eigenvalue weighted by atomic mass is 10.1. The summed E-state index contributed by atoms with van der Waals surface area (Å²) in [6.45, 7) is 2.04. The van der Waals surface area contributed by atoms with Crippen LogP contribution in [0.5, 0.6) is 5.88 Å². The van der Waals surface area contributed by atoms with Gasteiger partial charge in [0, 0.05) is 23.3 Å². The molecule has 0 unspecified atom stereocenters. The van der Waals surface area contributed by atoms with Gasteiger partial charge in [-0.1, -0.05) is 16.8 Å². The maximum atomic E-state index is 5.41. The zero-order chi connectivity index (χ0) is 16.5. The van der Waals surface area contributed by atoms with Crippen LogP contribution in [-0.2, 0) is 0 Å². The summed E-state index contributed by atoms with van der Waals surface area (Å²) in [5.74, 6) is 1.33. The molecule has 0 N–H and O–H groups in total. The van der Waals surface area contributed by atoms with Gasteiger partial charge in [0.1, 0.15) is 0 Å². The van der Waals surface area contributed by atoms with Crippen molar-refractivity contribution in [3.63, 3.8) is 0 Å². The lowest BCUT2D eigenvalue weighted by Gasteiger charge is -2.07. The summed E-state index contributed by atoms with van der Waals surface area (Å²) in [7, 11) is 1.58. The van der Waals surface area contributed by atoms with Crippen LogP contribution in [0.25, 0.3) is 33.7 Å². The molecule has 24 heavy (non-hydrogen) atoms. The number of nitrogens with zero attached hydrogens (tertiary/aromatic N) is 4. The number of benzene rings is 1. The Labute approximate surface area is 138 Å². The number of pyridine rings is 2. The van der Waals surface area contributed by atoms with Gasteiger partial charge in [0.2, 0.25) is 11.7 Å². The molecule has 0 aliphatic heterocycles. The van der Waals surface area contributed by atoms with Crippen molar-refractivity contribution in [1.29, 1.82) is 0 Å². The molecule has 3 aromatic heterocycles. The zero-order valence-corrected chi connectivity index (χ0v) is 13.2. The number of hydrogen-bond donors (Lipinski definition) is 0. The van der Waals surface area contributed by atoms with Crippen LogP contribution in [0.3, 0.4) is 0 Å². The fourth-order valence-corrected chi connectivity index (χ4v) is 2.54. The van der Waals surface area contributed by atoms with Crippen LogP contribution in [0.2, 0.25) is 0 Å². The summed E-state index contributed by atoms with van der Waals surface area (Å²) in [6.07, 6.45) is 3.36. The van der Waals surface area contributed by atoms with E-state index in [0.717, 1.165) is 22.0 Å². The molecule has 4 aromatic rings. The molecule has 0 saturated carbocycles. The largest absolute Gasteiger partial charge is 0.480 e. The summed E-state index contributed by atoms with van der Waals surface area (Å²) in [5.41, 5.74) is 3.53. The highest BCUT2D eigenvalue weighted by Crippen LogP contribution is 2.31. The number of hydrogen-bond acceptors (Lipinski definition) is 6. The second-order valence-corrected chi connectivity index (χ2v) is 5.40. The molecule has 0 saturated heterocycles. The van der Waals surface area contributed by atoms with E-state index in [1.54, 1.807) is 19.5 Å². The fraction of sp³-hybridized carbons (Fsp3) is 0.111. The highest BCUT2D eigenvalue weighted by molar-refractivity contribution is 5.85. The summed E-state index contributed by atoms with van der Waals surface area (Å²) in [6, 6.07) is 11.7. The van der Waals surface area contributed by atoms with Crippen LogP contribution >= 0.6 is 0 Å². The topological polar surface area (TPSA) is 73.9 Å². The average Bonchev–Trinajstić information content (AvgIpc) is 3.11. The minimum absolute atomic E-state index is 0.429. The number of aryl methyl sites for hydroxylation is 1. The first-order chi connectivity index (χ1) is 11.7. The summed E-state index contributed by atoms with van der Waals surface area (Å²) in [5, 5.41) is 5.08. The molecule has 0 radical (unpaired) electrons. The third kappa shape index (κ3) is 2.48.